The second-order valence-corrected chi connectivity index (χ2v) is 10.3. The first-order chi connectivity index (χ1) is 12.3. The van der Waals surface area contributed by atoms with Crippen molar-refractivity contribution in [1.29, 1.82) is 0 Å². The largest absolute Gasteiger partial charge is 0.412 e. The molecule has 10 heteroatoms. The molecule has 2 aromatic rings. The molecule has 1 fully saturated rings. The van der Waals surface area contributed by atoms with Crippen molar-refractivity contribution < 1.29 is 21.3 Å². The molecule has 0 amide bonds. The SMILES string of the molecule is CCS(=O)(=O)N1CCC(c2nnc(S(=O)(=O)Cc3ccccc3)o2)CC1. The predicted octanol–water partition coefficient (Wildman–Crippen LogP) is 1.57. The topological polar surface area (TPSA) is 110 Å². The van der Waals surface area contributed by atoms with E-state index in [0.29, 0.717) is 31.5 Å². The number of sulfonamides is 1. The number of piperidine rings is 1. The van der Waals surface area contributed by atoms with Crippen molar-refractivity contribution in [2.75, 3.05) is 18.8 Å². The van der Waals surface area contributed by atoms with Crippen LogP contribution in [0.5, 0.6) is 0 Å². The number of rotatable bonds is 6. The third kappa shape index (κ3) is 4.13. The molecular weight excluding hydrogens is 378 g/mol. The number of aromatic nitrogens is 2. The Kier molecular flexibility index (Phi) is 5.44. The van der Waals surface area contributed by atoms with Gasteiger partial charge in [0.2, 0.25) is 25.8 Å². The second kappa shape index (κ2) is 7.45. The van der Waals surface area contributed by atoms with Crippen molar-refractivity contribution in [2.24, 2.45) is 0 Å². The maximum atomic E-state index is 12.4. The number of hydrogen-bond acceptors (Lipinski definition) is 7. The lowest BCUT2D eigenvalue weighted by Gasteiger charge is -2.29. The van der Waals surface area contributed by atoms with Crippen LogP contribution in [-0.4, -0.2) is 50.2 Å². The molecule has 26 heavy (non-hydrogen) atoms. The van der Waals surface area contributed by atoms with E-state index in [0.717, 1.165) is 0 Å². The Bertz CT molecular complexity index is 947. The zero-order chi connectivity index (χ0) is 18.8. The highest BCUT2D eigenvalue weighted by molar-refractivity contribution is 7.90. The van der Waals surface area contributed by atoms with E-state index in [2.05, 4.69) is 10.2 Å². The second-order valence-electron chi connectivity index (χ2n) is 6.22. The molecule has 2 heterocycles. The number of nitrogens with zero attached hydrogens (tertiary/aromatic N) is 3. The Hall–Kier alpha value is -1.78. The fourth-order valence-electron chi connectivity index (χ4n) is 2.93. The molecule has 1 aromatic heterocycles. The van der Waals surface area contributed by atoms with E-state index >= 15 is 0 Å². The Morgan fingerprint density at radius 2 is 1.73 bits per heavy atom. The average Bonchev–Trinajstić information content (AvgIpc) is 3.13. The average molecular weight is 399 g/mol. The van der Waals surface area contributed by atoms with Gasteiger partial charge in [0, 0.05) is 19.0 Å². The van der Waals surface area contributed by atoms with E-state index in [4.69, 9.17) is 4.42 Å². The summed E-state index contributed by atoms with van der Waals surface area (Å²) in [5.74, 6) is -0.0142. The molecule has 1 aromatic carbocycles. The molecule has 1 aliphatic heterocycles. The lowest BCUT2D eigenvalue weighted by molar-refractivity contribution is 0.278. The third-order valence-electron chi connectivity index (χ3n) is 4.45. The van der Waals surface area contributed by atoms with Gasteiger partial charge in [-0.05, 0) is 25.3 Å². The smallest absolute Gasteiger partial charge is 0.335 e. The first-order valence-corrected chi connectivity index (χ1v) is 11.7. The molecule has 0 N–H and O–H groups in total. The Balaban J connectivity index is 1.69. The fourth-order valence-corrected chi connectivity index (χ4v) is 5.19. The van der Waals surface area contributed by atoms with Crippen LogP contribution in [0.1, 0.15) is 37.1 Å². The lowest BCUT2D eigenvalue weighted by Crippen LogP contribution is -2.38. The van der Waals surface area contributed by atoms with Crippen LogP contribution in [0.25, 0.3) is 0 Å². The van der Waals surface area contributed by atoms with Gasteiger partial charge in [-0.3, -0.25) is 0 Å². The van der Waals surface area contributed by atoms with E-state index < -0.39 is 19.9 Å². The van der Waals surface area contributed by atoms with Gasteiger partial charge >= 0.3 is 5.22 Å². The highest BCUT2D eigenvalue weighted by Gasteiger charge is 2.31. The molecule has 3 rings (SSSR count). The summed E-state index contributed by atoms with van der Waals surface area (Å²) < 4.78 is 55.6. The first-order valence-electron chi connectivity index (χ1n) is 8.40. The van der Waals surface area contributed by atoms with Crippen molar-refractivity contribution in [3.05, 3.63) is 41.8 Å². The van der Waals surface area contributed by atoms with Gasteiger partial charge in [-0.2, -0.15) is 0 Å². The van der Waals surface area contributed by atoms with Gasteiger partial charge in [-0.25, -0.2) is 21.1 Å². The minimum Gasteiger partial charge on any atom is -0.412 e. The Labute approximate surface area is 153 Å². The maximum absolute atomic E-state index is 12.4. The van der Waals surface area contributed by atoms with Gasteiger partial charge in [-0.1, -0.05) is 35.4 Å². The van der Waals surface area contributed by atoms with Gasteiger partial charge in [-0.15, -0.1) is 5.10 Å². The van der Waals surface area contributed by atoms with Crippen LogP contribution in [0.4, 0.5) is 0 Å². The molecule has 0 bridgehead atoms. The molecule has 0 radical (unpaired) electrons. The van der Waals surface area contributed by atoms with Crippen LogP contribution in [-0.2, 0) is 25.6 Å². The van der Waals surface area contributed by atoms with Crippen molar-refractivity contribution >= 4 is 19.9 Å². The molecule has 1 aliphatic rings. The van der Waals surface area contributed by atoms with Gasteiger partial charge in [0.1, 0.15) is 0 Å². The number of hydrogen-bond donors (Lipinski definition) is 0. The normalized spacial score (nSPS) is 17.4. The minimum absolute atomic E-state index is 0.0695. The molecule has 142 valence electrons. The van der Waals surface area contributed by atoms with E-state index in [-0.39, 0.29) is 28.5 Å². The third-order valence-corrected chi connectivity index (χ3v) is 7.74. The zero-order valence-electron chi connectivity index (χ0n) is 14.4. The van der Waals surface area contributed by atoms with Gasteiger partial charge in [0.15, 0.2) is 0 Å². The first kappa shape index (κ1) is 19.0. The van der Waals surface area contributed by atoms with Gasteiger partial charge < -0.3 is 4.42 Å². The summed E-state index contributed by atoms with van der Waals surface area (Å²) in [6.45, 7) is 2.36. The van der Waals surface area contributed by atoms with Crippen LogP contribution in [0.15, 0.2) is 40.0 Å². The maximum Gasteiger partial charge on any atom is 0.335 e. The van der Waals surface area contributed by atoms with E-state index in [1.54, 1.807) is 31.2 Å². The predicted molar refractivity (Wildman–Crippen MR) is 94.6 cm³/mol. The highest BCUT2D eigenvalue weighted by atomic mass is 32.2. The van der Waals surface area contributed by atoms with Crippen molar-refractivity contribution in [3.8, 4) is 0 Å². The number of sulfone groups is 1. The Morgan fingerprint density at radius 1 is 1.08 bits per heavy atom. The molecule has 0 unspecified atom stereocenters. The van der Waals surface area contributed by atoms with Gasteiger partial charge in [0.25, 0.3) is 0 Å². The van der Waals surface area contributed by atoms with Crippen molar-refractivity contribution in [2.45, 2.75) is 36.7 Å². The summed E-state index contributed by atoms with van der Waals surface area (Å²) >= 11 is 0. The summed E-state index contributed by atoms with van der Waals surface area (Å²) in [6.07, 6.45) is 1.05. The van der Waals surface area contributed by atoms with Crippen molar-refractivity contribution in [1.82, 2.24) is 14.5 Å². The summed E-state index contributed by atoms with van der Waals surface area (Å²) in [5, 5.41) is 7.21. The molecule has 0 saturated carbocycles. The molecule has 1 saturated heterocycles. The molecule has 8 nitrogen and oxygen atoms in total. The van der Waals surface area contributed by atoms with Gasteiger partial charge in [0.05, 0.1) is 11.5 Å². The van der Waals surface area contributed by atoms with E-state index in [1.807, 2.05) is 6.07 Å². The van der Waals surface area contributed by atoms with Crippen LogP contribution in [0.3, 0.4) is 0 Å². The van der Waals surface area contributed by atoms with Crippen LogP contribution in [0, 0.1) is 0 Å². The number of benzene rings is 1. The monoisotopic (exact) mass is 399 g/mol. The zero-order valence-corrected chi connectivity index (χ0v) is 16.0. The highest BCUT2D eigenvalue weighted by Crippen LogP contribution is 2.29. The lowest BCUT2D eigenvalue weighted by atomic mass is 9.98. The quantitative estimate of drug-likeness (QED) is 0.725. The van der Waals surface area contributed by atoms with E-state index in [1.165, 1.54) is 4.31 Å². The summed E-state index contributed by atoms with van der Waals surface area (Å²) in [5.41, 5.74) is 0.644. The van der Waals surface area contributed by atoms with Crippen LogP contribution < -0.4 is 0 Å². The fraction of sp³-hybridized carbons (Fsp3) is 0.500. The standard InChI is InChI=1S/C16H21N3O5S2/c1-2-26(22,23)19-10-8-14(9-11-19)15-17-18-16(24-15)25(20,21)12-13-6-4-3-5-7-13/h3-7,14H,2,8-12H2,1H3. The minimum atomic E-state index is -3.72. The summed E-state index contributed by atoms with van der Waals surface area (Å²) in [6, 6.07) is 8.79. The molecule has 0 atom stereocenters. The summed E-state index contributed by atoms with van der Waals surface area (Å²) in [4.78, 5) is 0. The van der Waals surface area contributed by atoms with Crippen LogP contribution in [0.2, 0.25) is 0 Å². The van der Waals surface area contributed by atoms with Crippen LogP contribution >= 0.6 is 0 Å². The molecular formula is C16H21N3O5S2. The molecule has 0 spiro atoms. The Morgan fingerprint density at radius 3 is 2.35 bits per heavy atom. The molecule has 0 aliphatic carbocycles. The van der Waals surface area contributed by atoms with E-state index in [9.17, 15) is 16.8 Å². The summed E-state index contributed by atoms with van der Waals surface area (Å²) in [7, 11) is -6.92. The van der Waals surface area contributed by atoms with Crippen molar-refractivity contribution in [3.63, 3.8) is 0 Å².